The van der Waals surface area contributed by atoms with Gasteiger partial charge in [0.05, 0.1) is 0 Å². The maximum absolute atomic E-state index is 13.2. The molecular formula is C12H17N2OP. The third kappa shape index (κ3) is 1.46. The molecule has 86 valence electrons. The molecular weight excluding hydrogens is 219 g/mol. The molecule has 2 saturated heterocycles. The zero-order valence-corrected chi connectivity index (χ0v) is 10.6. The van der Waals surface area contributed by atoms with Gasteiger partial charge in [-0.1, -0.05) is 18.2 Å². The third-order valence-electron chi connectivity index (χ3n) is 3.44. The second kappa shape index (κ2) is 3.43. The summed E-state index contributed by atoms with van der Waals surface area (Å²) < 4.78 is 17.5. The molecule has 4 atom stereocenters. The molecule has 2 aliphatic rings. The van der Waals surface area contributed by atoms with Crippen LogP contribution in [0.15, 0.2) is 30.3 Å². The summed E-state index contributed by atoms with van der Waals surface area (Å²) in [5.74, 6) is 0. The molecule has 0 spiro atoms. The maximum Gasteiger partial charge on any atom is 0.246 e. The van der Waals surface area contributed by atoms with Gasteiger partial charge in [0.1, 0.15) is 0 Å². The van der Waals surface area contributed by atoms with Crippen LogP contribution in [0.1, 0.15) is 13.8 Å². The highest BCUT2D eigenvalue weighted by atomic mass is 31.2. The van der Waals surface area contributed by atoms with Crippen LogP contribution < -0.4 is 5.30 Å². The summed E-state index contributed by atoms with van der Waals surface area (Å²) in [7, 11) is -2.44. The largest absolute Gasteiger partial charge is 0.283 e. The van der Waals surface area contributed by atoms with Crippen molar-refractivity contribution in [2.45, 2.75) is 25.9 Å². The molecule has 2 fully saturated rings. The summed E-state index contributed by atoms with van der Waals surface area (Å²) in [6.45, 7) is 6.22. The van der Waals surface area contributed by atoms with Crippen LogP contribution in [-0.4, -0.2) is 34.5 Å². The van der Waals surface area contributed by atoms with Crippen molar-refractivity contribution in [1.82, 2.24) is 9.34 Å². The maximum atomic E-state index is 13.2. The smallest absolute Gasteiger partial charge is 0.246 e. The number of hydrogen-bond acceptors (Lipinski definition) is 1. The monoisotopic (exact) mass is 236 g/mol. The molecule has 4 heteroatoms. The van der Waals surface area contributed by atoms with Gasteiger partial charge in [-0.2, -0.15) is 0 Å². The van der Waals surface area contributed by atoms with E-state index in [1.165, 1.54) is 0 Å². The highest BCUT2D eigenvalue weighted by Crippen LogP contribution is 2.63. The van der Waals surface area contributed by atoms with Gasteiger partial charge < -0.3 is 0 Å². The molecule has 1 aromatic rings. The van der Waals surface area contributed by atoms with E-state index in [0.29, 0.717) is 12.1 Å². The Bertz CT molecular complexity index is 428. The van der Waals surface area contributed by atoms with Gasteiger partial charge in [-0.05, 0) is 26.0 Å². The fourth-order valence-electron chi connectivity index (χ4n) is 2.27. The lowest BCUT2D eigenvalue weighted by Crippen LogP contribution is -2.19. The second-order valence-electron chi connectivity index (χ2n) is 4.82. The van der Waals surface area contributed by atoms with Gasteiger partial charge in [-0.15, -0.1) is 0 Å². The summed E-state index contributed by atoms with van der Waals surface area (Å²) in [5, 5.41) is 0.990. The van der Waals surface area contributed by atoms with Gasteiger partial charge in [-0.3, -0.25) is 4.57 Å². The summed E-state index contributed by atoms with van der Waals surface area (Å²) in [6.07, 6.45) is 0. The van der Waals surface area contributed by atoms with Crippen molar-refractivity contribution in [2.24, 2.45) is 0 Å². The van der Waals surface area contributed by atoms with Crippen LogP contribution in [-0.2, 0) is 4.57 Å². The van der Waals surface area contributed by atoms with E-state index < -0.39 is 7.44 Å². The zero-order valence-electron chi connectivity index (χ0n) is 9.71. The van der Waals surface area contributed by atoms with Gasteiger partial charge >= 0.3 is 0 Å². The Balaban J connectivity index is 2.00. The average Bonchev–Trinajstić information content (AvgIpc) is 3.18. The lowest BCUT2D eigenvalue weighted by atomic mass is 10.4. The first-order valence-electron chi connectivity index (χ1n) is 5.84. The van der Waals surface area contributed by atoms with Crippen molar-refractivity contribution in [2.75, 3.05) is 13.1 Å². The SMILES string of the molecule is C[C@@H]1CN1P(=O)(c1ccccc1)N1C[C@H]1C. The van der Waals surface area contributed by atoms with Crippen molar-refractivity contribution in [1.29, 1.82) is 0 Å². The van der Waals surface area contributed by atoms with Gasteiger partial charge in [0, 0.05) is 30.5 Å². The Morgan fingerprint density at radius 3 is 1.88 bits per heavy atom. The number of hydrogen-bond donors (Lipinski definition) is 0. The molecule has 0 radical (unpaired) electrons. The van der Waals surface area contributed by atoms with E-state index in [2.05, 4.69) is 23.2 Å². The molecule has 1 aromatic carbocycles. The second-order valence-corrected chi connectivity index (χ2v) is 7.45. The summed E-state index contributed by atoms with van der Waals surface area (Å²) in [5.41, 5.74) is 0. The molecule has 2 aliphatic heterocycles. The standard InChI is InChI=1S/C12H17N2OP/c1-10-8-13(10)16(15,14-9-11(14)2)12-6-4-3-5-7-12/h3-7,10-11H,8-9H2,1-2H3/t10-,11-,13?,14?,16?/m1/s1. The molecule has 16 heavy (non-hydrogen) atoms. The topological polar surface area (TPSA) is 23.1 Å². The van der Waals surface area contributed by atoms with E-state index in [4.69, 9.17) is 0 Å². The van der Waals surface area contributed by atoms with Gasteiger partial charge in [-0.25, -0.2) is 9.34 Å². The van der Waals surface area contributed by atoms with Crippen molar-refractivity contribution >= 4 is 12.7 Å². The molecule has 0 amide bonds. The van der Waals surface area contributed by atoms with Crippen LogP contribution in [0.4, 0.5) is 0 Å². The normalized spacial score (nSPS) is 40.1. The van der Waals surface area contributed by atoms with E-state index >= 15 is 0 Å². The highest BCUT2D eigenvalue weighted by Gasteiger charge is 2.55. The van der Waals surface area contributed by atoms with E-state index in [-0.39, 0.29) is 0 Å². The van der Waals surface area contributed by atoms with E-state index in [0.717, 1.165) is 18.4 Å². The molecule has 0 saturated carbocycles. The molecule has 3 nitrogen and oxygen atoms in total. The lowest BCUT2D eigenvalue weighted by molar-refractivity contribution is 0.516. The van der Waals surface area contributed by atoms with Crippen LogP contribution in [0.2, 0.25) is 0 Å². The summed E-state index contributed by atoms with van der Waals surface area (Å²) >= 11 is 0. The average molecular weight is 236 g/mol. The fourth-order valence-corrected chi connectivity index (χ4v) is 5.70. The Labute approximate surface area is 96.5 Å². The van der Waals surface area contributed by atoms with Gasteiger partial charge in [0.2, 0.25) is 7.44 Å². The van der Waals surface area contributed by atoms with E-state index in [1.54, 1.807) is 0 Å². The predicted octanol–water partition coefficient (Wildman–Crippen LogP) is 1.91. The highest BCUT2D eigenvalue weighted by molar-refractivity contribution is 7.67. The van der Waals surface area contributed by atoms with Crippen LogP contribution >= 0.6 is 7.44 Å². The van der Waals surface area contributed by atoms with Crippen LogP contribution in [0.5, 0.6) is 0 Å². The van der Waals surface area contributed by atoms with Crippen LogP contribution in [0, 0.1) is 0 Å². The number of benzene rings is 1. The quantitative estimate of drug-likeness (QED) is 0.591. The molecule has 2 heterocycles. The number of nitrogens with zero attached hydrogens (tertiary/aromatic N) is 2. The molecule has 0 N–H and O–H groups in total. The Morgan fingerprint density at radius 2 is 1.50 bits per heavy atom. The van der Waals surface area contributed by atoms with Gasteiger partial charge in [0.15, 0.2) is 0 Å². The molecule has 0 aliphatic carbocycles. The van der Waals surface area contributed by atoms with E-state index in [1.807, 2.05) is 30.3 Å². The first-order chi connectivity index (χ1) is 7.64. The van der Waals surface area contributed by atoms with Crippen LogP contribution in [0.25, 0.3) is 0 Å². The lowest BCUT2D eigenvalue weighted by Gasteiger charge is -2.21. The Kier molecular flexibility index (Phi) is 2.25. The molecule has 3 rings (SSSR count). The van der Waals surface area contributed by atoms with Crippen molar-refractivity contribution < 1.29 is 4.57 Å². The summed E-state index contributed by atoms with van der Waals surface area (Å²) in [6, 6.07) is 10.9. The van der Waals surface area contributed by atoms with Crippen LogP contribution in [0.3, 0.4) is 0 Å². The third-order valence-corrected chi connectivity index (χ3v) is 6.92. The number of rotatable bonds is 3. The molecule has 0 aromatic heterocycles. The predicted molar refractivity (Wildman–Crippen MR) is 66.0 cm³/mol. The minimum atomic E-state index is -2.44. The minimum Gasteiger partial charge on any atom is -0.283 e. The first-order valence-corrected chi connectivity index (χ1v) is 7.45. The minimum absolute atomic E-state index is 0.471. The first kappa shape index (κ1) is 10.5. The Hall–Kier alpha value is -0.630. The van der Waals surface area contributed by atoms with Gasteiger partial charge in [0.25, 0.3) is 0 Å². The van der Waals surface area contributed by atoms with Crippen molar-refractivity contribution in [3.8, 4) is 0 Å². The molecule has 0 bridgehead atoms. The fraction of sp³-hybridized carbons (Fsp3) is 0.500. The Morgan fingerprint density at radius 1 is 1.06 bits per heavy atom. The van der Waals surface area contributed by atoms with Crippen molar-refractivity contribution in [3.63, 3.8) is 0 Å². The van der Waals surface area contributed by atoms with E-state index in [9.17, 15) is 4.57 Å². The zero-order chi connectivity index (χ0) is 11.3. The van der Waals surface area contributed by atoms with Crippen molar-refractivity contribution in [3.05, 3.63) is 30.3 Å². The molecule has 2 unspecified atom stereocenters. The summed E-state index contributed by atoms with van der Waals surface area (Å²) in [4.78, 5) is 0.